The maximum atomic E-state index is 11.7. The minimum Gasteiger partial charge on any atom is -0.493 e. The Bertz CT molecular complexity index is 483. The van der Waals surface area contributed by atoms with Crippen LogP contribution in [0.1, 0.15) is 37.0 Å². The average molecular weight is 293 g/mol. The number of ether oxygens (including phenoxy) is 2. The Morgan fingerprint density at radius 3 is 2.48 bits per heavy atom. The molecule has 0 bridgehead atoms. The summed E-state index contributed by atoms with van der Waals surface area (Å²) in [5.41, 5.74) is 3.54. The lowest BCUT2D eigenvalue weighted by molar-refractivity contribution is -0.143. The number of methoxy groups -OCH3 is 1. The van der Waals surface area contributed by atoms with Gasteiger partial charge < -0.3 is 14.8 Å². The van der Waals surface area contributed by atoms with E-state index in [-0.39, 0.29) is 18.1 Å². The third-order valence-corrected chi connectivity index (χ3v) is 3.45. The fraction of sp³-hybridized carbons (Fsp3) is 0.588. The van der Waals surface area contributed by atoms with Gasteiger partial charge in [0, 0.05) is 12.5 Å². The van der Waals surface area contributed by atoms with Crippen LogP contribution in [0.25, 0.3) is 0 Å². The largest absolute Gasteiger partial charge is 0.493 e. The standard InChI is InChI=1S/C17H27NO3/c1-11(2)18-15(17(19)20-6)7-8-21-16-10-12(3)9-13(4)14(16)5/h9-11,15,18H,7-8H2,1-6H3. The van der Waals surface area contributed by atoms with Crippen molar-refractivity contribution in [3.05, 3.63) is 28.8 Å². The minimum atomic E-state index is -0.332. The van der Waals surface area contributed by atoms with Crippen LogP contribution in [0, 0.1) is 20.8 Å². The molecule has 0 heterocycles. The number of benzene rings is 1. The molecule has 0 aliphatic heterocycles. The lowest BCUT2D eigenvalue weighted by Gasteiger charge is -2.19. The second kappa shape index (κ2) is 8.03. The Labute approximate surface area is 127 Å². The molecule has 1 N–H and O–H groups in total. The maximum absolute atomic E-state index is 11.7. The second-order valence-electron chi connectivity index (χ2n) is 5.74. The summed E-state index contributed by atoms with van der Waals surface area (Å²) in [7, 11) is 1.41. The molecule has 1 atom stereocenters. The van der Waals surface area contributed by atoms with E-state index in [2.05, 4.69) is 25.2 Å². The Balaban J connectivity index is 2.64. The van der Waals surface area contributed by atoms with E-state index in [4.69, 9.17) is 9.47 Å². The summed E-state index contributed by atoms with van der Waals surface area (Å²) >= 11 is 0. The SMILES string of the molecule is COC(=O)C(CCOc1cc(C)cc(C)c1C)NC(C)C. The molecule has 4 heteroatoms. The first-order valence-electron chi connectivity index (χ1n) is 7.39. The molecule has 21 heavy (non-hydrogen) atoms. The minimum absolute atomic E-state index is 0.219. The highest BCUT2D eigenvalue weighted by Crippen LogP contribution is 2.23. The number of esters is 1. The van der Waals surface area contributed by atoms with Gasteiger partial charge in [-0.25, -0.2) is 0 Å². The molecule has 0 saturated carbocycles. The quantitative estimate of drug-likeness (QED) is 0.785. The van der Waals surface area contributed by atoms with Gasteiger partial charge in [-0.3, -0.25) is 4.79 Å². The monoisotopic (exact) mass is 293 g/mol. The Hall–Kier alpha value is -1.55. The van der Waals surface area contributed by atoms with Gasteiger partial charge in [-0.1, -0.05) is 19.9 Å². The summed E-state index contributed by atoms with van der Waals surface area (Å²) in [6.45, 7) is 10.7. The Kier molecular flexibility index (Phi) is 6.69. The molecule has 0 spiro atoms. The third kappa shape index (κ3) is 5.38. The van der Waals surface area contributed by atoms with Gasteiger partial charge in [-0.15, -0.1) is 0 Å². The predicted octanol–water partition coefficient (Wildman–Crippen LogP) is 2.92. The van der Waals surface area contributed by atoms with Crippen molar-refractivity contribution in [3.63, 3.8) is 0 Å². The molecule has 118 valence electrons. The Morgan fingerprint density at radius 1 is 1.24 bits per heavy atom. The zero-order valence-electron chi connectivity index (χ0n) is 13.9. The van der Waals surface area contributed by atoms with E-state index >= 15 is 0 Å². The van der Waals surface area contributed by atoms with Crippen LogP contribution in [-0.4, -0.2) is 31.8 Å². The molecule has 1 rings (SSSR count). The second-order valence-corrected chi connectivity index (χ2v) is 5.74. The molecule has 0 aliphatic rings. The van der Waals surface area contributed by atoms with E-state index in [0.29, 0.717) is 13.0 Å². The van der Waals surface area contributed by atoms with Gasteiger partial charge in [0.2, 0.25) is 0 Å². The molecule has 0 aliphatic carbocycles. The summed E-state index contributed by atoms with van der Waals surface area (Å²) in [6.07, 6.45) is 0.581. The van der Waals surface area contributed by atoms with Crippen LogP contribution >= 0.6 is 0 Å². The highest BCUT2D eigenvalue weighted by atomic mass is 16.5. The molecule has 0 saturated heterocycles. The van der Waals surface area contributed by atoms with Gasteiger partial charge in [0.25, 0.3) is 0 Å². The predicted molar refractivity (Wildman–Crippen MR) is 84.8 cm³/mol. The van der Waals surface area contributed by atoms with Crippen LogP contribution in [0.2, 0.25) is 0 Å². The van der Waals surface area contributed by atoms with Crippen LogP contribution < -0.4 is 10.1 Å². The topological polar surface area (TPSA) is 47.6 Å². The molecule has 4 nitrogen and oxygen atoms in total. The van der Waals surface area contributed by atoms with Gasteiger partial charge in [0.1, 0.15) is 11.8 Å². The van der Waals surface area contributed by atoms with Crippen LogP contribution in [-0.2, 0) is 9.53 Å². The number of hydrogen-bond acceptors (Lipinski definition) is 4. The zero-order valence-corrected chi connectivity index (χ0v) is 13.9. The van der Waals surface area contributed by atoms with Crippen molar-refractivity contribution in [2.45, 2.75) is 53.1 Å². The third-order valence-electron chi connectivity index (χ3n) is 3.45. The number of aryl methyl sites for hydroxylation is 2. The number of rotatable bonds is 7. The molecule has 1 aromatic rings. The van der Waals surface area contributed by atoms with Gasteiger partial charge in [-0.2, -0.15) is 0 Å². The van der Waals surface area contributed by atoms with Gasteiger partial charge in [-0.05, 0) is 43.5 Å². The summed E-state index contributed by atoms with van der Waals surface area (Å²) in [5, 5.41) is 3.20. The molecular weight excluding hydrogens is 266 g/mol. The van der Waals surface area contributed by atoms with E-state index in [0.717, 1.165) is 11.3 Å². The molecule has 0 fully saturated rings. The first kappa shape index (κ1) is 17.5. The highest BCUT2D eigenvalue weighted by molar-refractivity contribution is 5.75. The lowest BCUT2D eigenvalue weighted by atomic mass is 10.1. The first-order valence-corrected chi connectivity index (χ1v) is 7.39. The summed E-state index contributed by atoms with van der Waals surface area (Å²) in [5.74, 6) is 0.644. The number of nitrogens with one attached hydrogen (secondary N) is 1. The van der Waals surface area contributed by atoms with Crippen LogP contribution in [0.3, 0.4) is 0 Å². The van der Waals surface area contributed by atoms with Crippen molar-refractivity contribution >= 4 is 5.97 Å². The normalized spacial score (nSPS) is 12.3. The van der Waals surface area contributed by atoms with Crippen LogP contribution in [0.5, 0.6) is 5.75 Å². The van der Waals surface area contributed by atoms with E-state index < -0.39 is 0 Å². The van der Waals surface area contributed by atoms with Crippen molar-refractivity contribution in [2.24, 2.45) is 0 Å². The first-order chi connectivity index (χ1) is 9.85. The highest BCUT2D eigenvalue weighted by Gasteiger charge is 2.19. The molecule has 1 unspecified atom stereocenters. The fourth-order valence-corrected chi connectivity index (χ4v) is 2.25. The zero-order chi connectivity index (χ0) is 16.0. The van der Waals surface area contributed by atoms with E-state index in [1.807, 2.05) is 26.8 Å². The van der Waals surface area contributed by atoms with Crippen LogP contribution in [0.4, 0.5) is 0 Å². The van der Waals surface area contributed by atoms with Crippen molar-refractivity contribution < 1.29 is 14.3 Å². The van der Waals surface area contributed by atoms with Crippen molar-refractivity contribution in [3.8, 4) is 5.75 Å². The van der Waals surface area contributed by atoms with Gasteiger partial charge in [0.05, 0.1) is 13.7 Å². The van der Waals surface area contributed by atoms with E-state index in [9.17, 15) is 4.79 Å². The fourth-order valence-electron chi connectivity index (χ4n) is 2.25. The molecule has 1 aromatic carbocycles. The molecule has 0 amide bonds. The Morgan fingerprint density at radius 2 is 1.90 bits per heavy atom. The lowest BCUT2D eigenvalue weighted by Crippen LogP contribution is -2.42. The van der Waals surface area contributed by atoms with Gasteiger partial charge in [0.15, 0.2) is 0 Å². The van der Waals surface area contributed by atoms with Crippen molar-refractivity contribution in [1.82, 2.24) is 5.32 Å². The van der Waals surface area contributed by atoms with Crippen molar-refractivity contribution in [1.29, 1.82) is 0 Å². The summed E-state index contributed by atoms with van der Waals surface area (Å²) < 4.78 is 10.7. The average Bonchev–Trinajstić information content (AvgIpc) is 2.41. The molecule has 0 aromatic heterocycles. The molecule has 0 radical (unpaired) electrons. The smallest absolute Gasteiger partial charge is 0.322 e. The van der Waals surface area contributed by atoms with E-state index in [1.54, 1.807) is 0 Å². The van der Waals surface area contributed by atoms with Crippen LogP contribution in [0.15, 0.2) is 12.1 Å². The molecular formula is C17H27NO3. The number of hydrogen-bond donors (Lipinski definition) is 1. The number of carbonyl (C=O) groups excluding carboxylic acids is 1. The van der Waals surface area contributed by atoms with Gasteiger partial charge >= 0.3 is 5.97 Å². The summed E-state index contributed by atoms with van der Waals surface area (Å²) in [6, 6.07) is 4.06. The maximum Gasteiger partial charge on any atom is 0.322 e. The number of carbonyl (C=O) groups is 1. The van der Waals surface area contributed by atoms with E-state index in [1.165, 1.54) is 18.2 Å². The summed E-state index contributed by atoms with van der Waals surface area (Å²) in [4.78, 5) is 11.7. The van der Waals surface area contributed by atoms with Crippen molar-refractivity contribution in [2.75, 3.05) is 13.7 Å².